The van der Waals surface area contributed by atoms with Crippen LogP contribution in [0.3, 0.4) is 0 Å². The summed E-state index contributed by atoms with van der Waals surface area (Å²) in [5.74, 6) is 0.584. The second-order valence-corrected chi connectivity index (χ2v) is 7.59. The van der Waals surface area contributed by atoms with Crippen LogP contribution in [0.5, 0.6) is 0 Å². The van der Waals surface area contributed by atoms with Crippen LogP contribution in [0.4, 0.5) is 0 Å². The third-order valence-corrected chi connectivity index (χ3v) is 5.35. The van der Waals surface area contributed by atoms with Crippen LogP contribution >= 0.6 is 0 Å². The van der Waals surface area contributed by atoms with Crippen molar-refractivity contribution < 1.29 is 4.79 Å². The SMILES string of the molecule is CC(C)[C@@H](C#N)N1CCN(C(=O)CN(C(C)C)C2CCC2)CC1. The molecule has 5 nitrogen and oxygen atoms in total. The summed E-state index contributed by atoms with van der Waals surface area (Å²) in [4.78, 5) is 19.2. The number of rotatable bonds is 6. The molecule has 2 rings (SSSR count). The third-order valence-electron chi connectivity index (χ3n) is 5.35. The standard InChI is InChI=1S/C18H32N4O/c1-14(2)17(12-19)20-8-10-21(11-9-20)18(23)13-22(15(3)4)16-6-5-7-16/h14-17H,5-11,13H2,1-4H3/t17-/m1/s1. The summed E-state index contributed by atoms with van der Waals surface area (Å²) in [5, 5.41) is 9.32. The molecule has 1 amide bonds. The van der Waals surface area contributed by atoms with Gasteiger partial charge in [-0.3, -0.25) is 14.6 Å². The lowest BCUT2D eigenvalue weighted by molar-refractivity contribution is -0.136. The molecule has 0 radical (unpaired) electrons. The normalized spacial score (nSPS) is 21.6. The van der Waals surface area contributed by atoms with Crippen LogP contribution < -0.4 is 0 Å². The molecule has 5 heteroatoms. The fourth-order valence-electron chi connectivity index (χ4n) is 3.61. The van der Waals surface area contributed by atoms with E-state index in [1.165, 1.54) is 19.3 Å². The van der Waals surface area contributed by atoms with Crippen molar-refractivity contribution in [3.63, 3.8) is 0 Å². The van der Waals surface area contributed by atoms with Gasteiger partial charge in [-0.2, -0.15) is 5.26 Å². The first-order valence-electron chi connectivity index (χ1n) is 9.11. The Morgan fingerprint density at radius 1 is 1.17 bits per heavy atom. The van der Waals surface area contributed by atoms with Crippen molar-refractivity contribution in [2.45, 2.75) is 65.1 Å². The van der Waals surface area contributed by atoms with E-state index in [0.717, 1.165) is 26.2 Å². The van der Waals surface area contributed by atoms with Gasteiger partial charge in [0, 0.05) is 38.3 Å². The molecule has 0 spiro atoms. The molecule has 2 fully saturated rings. The summed E-state index contributed by atoms with van der Waals surface area (Å²) in [6.07, 6.45) is 3.76. The van der Waals surface area contributed by atoms with E-state index in [0.29, 0.717) is 24.5 Å². The van der Waals surface area contributed by atoms with E-state index >= 15 is 0 Å². The minimum atomic E-state index is -0.0330. The van der Waals surface area contributed by atoms with Gasteiger partial charge in [-0.25, -0.2) is 0 Å². The molecule has 23 heavy (non-hydrogen) atoms. The van der Waals surface area contributed by atoms with E-state index in [2.05, 4.69) is 43.6 Å². The maximum absolute atomic E-state index is 12.6. The molecule has 0 bridgehead atoms. The van der Waals surface area contributed by atoms with Gasteiger partial charge in [0.15, 0.2) is 0 Å². The molecule has 1 atom stereocenters. The van der Waals surface area contributed by atoms with Crippen molar-refractivity contribution in [3.05, 3.63) is 0 Å². The Hall–Kier alpha value is -1.12. The first-order valence-corrected chi connectivity index (χ1v) is 9.11. The zero-order valence-corrected chi connectivity index (χ0v) is 15.2. The predicted octanol–water partition coefficient (Wildman–Crippen LogP) is 1.94. The Morgan fingerprint density at radius 3 is 2.17 bits per heavy atom. The first kappa shape index (κ1) is 18.2. The number of piperazine rings is 1. The van der Waals surface area contributed by atoms with Crippen molar-refractivity contribution in [2.75, 3.05) is 32.7 Å². The second-order valence-electron chi connectivity index (χ2n) is 7.59. The highest BCUT2D eigenvalue weighted by atomic mass is 16.2. The van der Waals surface area contributed by atoms with Crippen molar-refractivity contribution in [1.29, 1.82) is 5.26 Å². The highest BCUT2D eigenvalue weighted by Gasteiger charge is 2.32. The molecule has 1 saturated heterocycles. The summed E-state index contributed by atoms with van der Waals surface area (Å²) in [7, 11) is 0. The number of hydrogen-bond acceptors (Lipinski definition) is 4. The Kier molecular flexibility index (Phi) is 6.43. The van der Waals surface area contributed by atoms with E-state index in [1.54, 1.807) is 0 Å². The monoisotopic (exact) mass is 320 g/mol. The number of nitrogens with zero attached hydrogens (tertiary/aromatic N) is 4. The smallest absolute Gasteiger partial charge is 0.236 e. The van der Waals surface area contributed by atoms with Gasteiger partial charge >= 0.3 is 0 Å². The number of nitriles is 1. The van der Waals surface area contributed by atoms with Gasteiger partial charge in [-0.15, -0.1) is 0 Å². The summed E-state index contributed by atoms with van der Waals surface area (Å²) >= 11 is 0. The molecule has 1 heterocycles. The molecule has 0 N–H and O–H groups in total. The predicted molar refractivity (Wildman–Crippen MR) is 91.9 cm³/mol. The van der Waals surface area contributed by atoms with Crippen LogP contribution in [0.1, 0.15) is 47.0 Å². The highest BCUT2D eigenvalue weighted by Crippen LogP contribution is 2.26. The third kappa shape index (κ3) is 4.45. The fraction of sp³-hybridized carbons (Fsp3) is 0.889. The van der Waals surface area contributed by atoms with E-state index in [1.807, 2.05) is 4.90 Å². The average Bonchev–Trinajstić information content (AvgIpc) is 2.45. The Labute approximate surface area is 141 Å². The van der Waals surface area contributed by atoms with Crippen LogP contribution in [-0.2, 0) is 4.79 Å². The first-order chi connectivity index (χ1) is 10.9. The van der Waals surface area contributed by atoms with Gasteiger partial charge < -0.3 is 4.90 Å². The van der Waals surface area contributed by atoms with Crippen LogP contribution in [0, 0.1) is 17.2 Å². The average molecular weight is 320 g/mol. The highest BCUT2D eigenvalue weighted by molar-refractivity contribution is 5.78. The lowest BCUT2D eigenvalue weighted by atomic mass is 9.90. The van der Waals surface area contributed by atoms with Crippen LogP contribution in [0.15, 0.2) is 0 Å². The largest absolute Gasteiger partial charge is 0.339 e. The summed E-state index contributed by atoms with van der Waals surface area (Å²) in [6.45, 7) is 12.2. The lowest BCUT2D eigenvalue weighted by Crippen LogP contribution is -2.56. The van der Waals surface area contributed by atoms with Crippen molar-refractivity contribution >= 4 is 5.91 Å². The van der Waals surface area contributed by atoms with Crippen molar-refractivity contribution in [2.24, 2.45) is 5.92 Å². The Balaban J connectivity index is 1.84. The maximum atomic E-state index is 12.6. The van der Waals surface area contributed by atoms with Crippen molar-refractivity contribution in [1.82, 2.24) is 14.7 Å². The van der Waals surface area contributed by atoms with E-state index < -0.39 is 0 Å². The minimum Gasteiger partial charge on any atom is -0.339 e. The van der Waals surface area contributed by atoms with Gasteiger partial charge in [0.1, 0.15) is 6.04 Å². The van der Waals surface area contributed by atoms with Gasteiger partial charge in [-0.05, 0) is 32.6 Å². The van der Waals surface area contributed by atoms with Crippen LogP contribution in [0.2, 0.25) is 0 Å². The van der Waals surface area contributed by atoms with Gasteiger partial charge in [0.25, 0.3) is 0 Å². The van der Waals surface area contributed by atoms with Gasteiger partial charge in [0.2, 0.25) is 5.91 Å². The summed E-state index contributed by atoms with van der Waals surface area (Å²) < 4.78 is 0. The molecule has 0 unspecified atom stereocenters. The van der Waals surface area contributed by atoms with Crippen LogP contribution in [-0.4, -0.2) is 71.5 Å². The summed E-state index contributed by atoms with van der Waals surface area (Å²) in [5.41, 5.74) is 0. The number of carbonyl (C=O) groups excluding carboxylic acids is 1. The number of carbonyl (C=O) groups is 1. The fourth-order valence-corrected chi connectivity index (χ4v) is 3.61. The quantitative estimate of drug-likeness (QED) is 0.750. The molecule has 2 aliphatic rings. The lowest BCUT2D eigenvalue weighted by Gasteiger charge is -2.42. The molecule has 1 saturated carbocycles. The van der Waals surface area contributed by atoms with Crippen molar-refractivity contribution in [3.8, 4) is 6.07 Å². The van der Waals surface area contributed by atoms with E-state index in [9.17, 15) is 10.1 Å². The van der Waals surface area contributed by atoms with Gasteiger partial charge in [-0.1, -0.05) is 20.3 Å². The minimum absolute atomic E-state index is 0.0330. The number of hydrogen-bond donors (Lipinski definition) is 0. The Bertz CT molecular complexity index is 431. The second kappa shape index (κ2) is 8.12. The maximum Gasteiger partial charge on any atom is 0.236 e. The van der Waals surface area contributed by atoms with E-state index in [-0.39, 0.29) is 11.9 Å². The molecule has 1 aliphatic carbocycles. The topological polar surface area (TPSA) is 50.6 Å². The molecule has 0 aromatic carbocycles. The molecule has 0 aromatic heterocycles. The molecule has 1 aliphatic heterocycles. The summed E-state index contributed by atoms with van der Waals surface area (Å²) in [6, 6.07) is 3.40. The molecule has 130 valence electrons. The molecular formula is C18H32N4O. The van der Waals surface area contributed by atoms with E-state index in [4.69, 9.17) is 0 Å². The zero-order chi connectivity index (χ0) is 17.0. The Morgan fingerprint density at radius 2 is 1.78 bits per heavy atom. The van der Waals surface area contributed by atoms with Crippen LogP contribution in [0.25, 0.3) is 0 Å². The number of amides is 1. The van der Waals surface area contributed by atoms with Gasteiger partial charge in [0.05, 0.1) is 12.6 Å². The zero-order valence-electron chi connectivity index (χ0n) is 15.2. The molecule has 0 aromatic rings. The molecular weight excluding hydrogens is 288 g/mol.